The SMILES string of the molecule is COCCOc1nc2c(cc1Cc1ccc(F)cc1)N[C@@H](C)CO2. The van der Waals surface area contributed by atoms with Gasteiger partial charge >= 0.3 is 0 Å². The zero-order valence-electron chi connectivity index (χ0n) is 13.8. The maximum atomic E-state index is 13.1. The van der Waals surface area contributed by atoms with Crippen LogP contribution in [0.15, 0.2) is 30.3 Å². The monoisotopic (exact) mass is 332 g/mol. The molecule has 0 fully saturated rings. The molecule has 6 heteroatoms. The maximum Gasteiger partial charge on any atom is 0.240 e. The number of halogens is 1. The van der Waals surface area contributed by atoms with E-state index >= 15 is 0 Å². The van der Waals surface area contributed by atoms with Crippen LogP contribution in [0.25, 0.3) is 0 Å². The van der Waals surface area contributed by atoms with E-state index < -0.39 is 0 Å². The highest BCUT2D eigenvalue weighted by Crippen LogP contribution is 2.33. The number of pyridine rings is 1. The number of nitrogens with one attached hydrogen (secondary N) is 1. The third-order valence-electron chi connectivity index (χ3n) is 3.73. The minimum atomic E-state index is -0.247. The second-order valence-electron chi connectivity index (χ2n) is 5.81. The Hall–Kier alpha value is -2.34. The molecule has 1 aliphatic rings. The number of benzene rings is 1. The molecular formula is C18H21FN2O3. The predicted molar refractivity (Wildman–Crippen MR) is 89.4 cm³/mol. The van der Waals surface area contributed by atoms with Gasteiger partial charge in [-0.2, -0.15) is 4.98 Å². The average Bonchev–Trinajstić information content (AvgIpc) is 2.57. The Morgan fingerprint density at radius 1 is 1.29 bits per heavy atom. The zero-order chi connectivity index (χ0) is 16.9. The summed E-state index contributed by atoms with van der Waals surface area (Å²) in [5.41, 5.74) is 2.76. The van der Waals surface area contributed by atoms with Gasteiger partial charge in [-0.05, 0) is 30.7 Å². The second kappa shape index (κ2) is 7.49. The molecule has 0 spiro atoms. The quantitative estimate of drug-likeness (QED) is 0.824. The van der Waals surface area contributed by atoms with Gasteiger partial charge in [-0.15, -0.1) is 0 Å². The van der Waals surface area contributed by atoms with E-state index in [0.29, 0.717) is 38.0 Å². The van der Waals surface area contributed by atoms with Gasteiger partial charge in [-0.1, -0.05) is 12.1 Å². The number of fused-ring (bicyclic) bond motifs is 1. The van der Waals surface area contributed by atoms with E-state index in [9.17, 15) is 4.39 Å². The van der Waals surface area contributed by atoms with Crippen molar-refractivity contribution in [2.45, 2.75) is 19.4 Å². The molecule has 0 aliphatic carbocycles. The van der Waals surface area contributed by atoms with Gasteiger partial charge in [-0.25, -0.2) is 4.39 Å². The number of anilines is 1. The molecule has 0 bridgehead atoms. The molecule has 0 saturated carbocycles. The Labute approximate surface area is 140 Å². The fourth-order valence-corrected chi connectivity index (χ4v) is 2.54. The lowest BCUT2D eigenvalue weighted by molar-refractivity contribution is 0.142. The summed E-state index contributed by atoms with van der Waals surface area (Å²) in [4.78, 5) is 4.50. The summed E-state index contributed by atoms with van der Waals surface area (Å²) in [5.74, 6) is 0.817. The van der Waals surface area contributed by atoms with Crippen LogP contribution < -0.4 is 14.8 Å². The Balaban J connectivity index is 1.88. The minimum absolute atomic E-state index is 0.221. The van der Waals surface area contributed by atoms with Crippen molar-refractivity contribution in [1.82, 2.24) is 4.98 Å². The highest BCUT2D eigenvalue weighted by atomic mass is 19.1. The molecule has 128 valence electrons. The Morgan fingerprint density at radius 3 is 2.83 bits per heavy atom. The average molecular weight is 332 g/mol. The van der Waals surface area contributed by atoms with Crippen LogP contribution in [0.3, 0.4) is 0 Å². The van der Waals surface area contributed by atoms with Crippen LogP contribution >= 0.6 is 0 Å². The van der Waals surface area contributed by atoms with Crippen molar-refractivity contribution < 1.29 is 18.6 Å². The van der Waals surface area contributed by atoms with Crippen LogP contribution in [0.5, 0.6) is 11.8 Å². The normalized spacial score (nSPS) is 16.0. The lowest BCUT2D eigenvalue weighted by Crippen LogP contribution is -2.29. The number of ether oxygens (including phenoxy) is 3. The summed E-state index contributed by atoms with van der Waals surface area (Å²) in [6.07, 6.45) is 0.596. The van der Waals surface area contributed by atoms with Crippen molar-refractivity contribution in [3.8, 4) is 11.8 Å². The number of nitrogens with zero attached hydrogens (tertiary/aromatic N) is 1. The van der Waals surface area contributed by atoms with Gasteiger partial charge in [-0.3, -0.25) is 0 Å². The Morgan fingerprint density at radius 2 is 2.08 bits per heavy atom. The van der Waals surface area contributed by atoms with Gasteiger partial charge < -0.3 is 19.5 Å². The molecule has 1 aromatic carbocycles. The van der Waals surface area contributed by atoms with Crippen LogP contribution in [0.1, 0.15) is 18.1 Å². The molecular weight excluding hydrogens is 311 g/mol. The smallest absolute Gasteiger partial charge is 0.240 e. The van der Waals surface area contributed by atoms with E-state index in [-0.39, 0.29) is 11.9 Å². The second-order valence-corrected chi connectivity index (χ2v) is 5.81. The molecule has 0 unspecified atom stereocenters. The highest BCUT2D eigenvalue weighted by molar-refractivity contribution is 5.59. The molecule has 0 saturated heterocycles. The summed E-state index contributed by atoms with van der Waals surface area (Å²) < 4.78 is 29.5. The molecule has 2 heterocycles. The van der Waals surface area contributed by atoms with Gasteiger partial charge in [0.05, 0.1) is 18.3 Å². The van der Waals surface area contributed by atoms with Gasteiger partial charge in [0.25, 0.3) is 0 Å². The number of methoxy groups -OCH3 is 1. The molecule has 5 nitrogen and oxygen atoms in total. The van der Waals surface area contributed by atoms with E-state index in [1.165, 1.54) is 12.1 Å². The van der Waals surface area contributed by atoms with Crippen molar-refractivity contribution in [2.24, 2.45) is 0 Å². The summed E-state index contributed by atoms with van der Waals surface area (Å²) >= 11 is 0. The molecule has 3 rings (SSSR count). The number of hydrogen-bond acceptors (Lipinski definition) is 5. The fraction of sp³-hybridized carbons (Fsp3) is 0.389. The third kappa shape index (κ3) is 3.94. The molecule has 1 aliphatic heterocycles. The number of rotatable bonds is 6. The van der Waals surface area contributed by atoms with Crippen LogP contribution in [-0.4, -0.2) is 38.0 Å². The molecule has 1 aromatic heterocycles. The standard InChI is InChI=1S/C18H21FN2O3/c1-12-11-24-18-16(20-12)10-14(17(21-18)23-8-7-22-2)9-13-3-5-15(19)6-4-13/h3-6,10,12,20H,7-9,11H2,1-2H3/t12-/m0/s1. The van der Waals surface area contributed by atoms with Crippen molar-refractivity contribution in [1.29, 1.82) is 0 Å². The van der Waals surface area contributed by atoms with Gasteiger partial charge in [0.1, 0.15) is 19.0 Å². The Bertz CT molecular complexity index is 691. The molecule has 1 N–H and O–H groups in total. The van der Waals surface area contributed by atoms with Crippen molar-refractivity contribution in [3.63, 3.8) is 0 Å². The number of aromatic nitrogens is 1. The van der Waals surface area contributed by atoms with Crippen LogP contribution in [0, 0.1) is 5.82 Å². The van der Waals surface area contributed by atoms with Crippen LogP contribution in [-0.2, 0) is 11.2 Å². The molecule has 1 atom stereocenters. The first-order valence-electron chi connectivity index (χ1n) is 7.95. The Kier molecular flexibility index (Phi) is 5.15. The summed E-state index contributed by atoms with van der Waals surface area (Å²) in [6.45, 7) is 3.49. The zero-order valence-corrected chi connectivity index (χ0v) is 13.8. The van der Waals surface area contributed by atoms with Gasteiger partial charge in [0.2, 0.25) is 11.8 Å². The summed E-state index contributed by atoms with van der Waals surface area (Å²) in [7, 11) is 1.62. The van der Waals surface area contributed by atoms with Gasteiger partial charge in [0, 0.05) is 19.1 Å². The van der Waals surface area contributed by atoms with E-state index in [4.69, 9.17) is 14.2 Å². The lowest BCUT2D eigenvalue weighted by atomic mass is 10.1. The molecule has 0 radical (unpaired) electrons. The fourth-order valence-electron chi connectivity index (χ4n) is 2.54. The molecule has 2 aromatic rings. The first kappa shape index (κ1) is 16.5. The summed E-state index contributed by atoms with van der Waals surface area (Å²) in [6, 6.07) is 8.65. The van der Waals surface area contributed by atoms with E-state index in [0.717, 1.165) is 16.8 Å². The van der Waals surface area contributed by atoms with Gasteiger partial charge in [0.15, 0.2) is 0 Å². The van der Waals surface area contributed by atoms with E-state index in [1.807, 2.05) is 13.0 Å². The van der Waals surface area contributed by atoms with E-state index in [1.54, 1.807) is 19.2 Å². The van der Waals surface area contributed by atoms with Crippen LogP contribution in [0.4, 0.5) is 10.1 Å². The first-order valence-corrected chi connectivity index (χ1v) is 7.95. The largest absolute Gasteiger partial charge is 0.475 e. The van der Waals surface area contributed by atoms with Crippen LogP contribution in [0.2, 0.25) is 0 Å². The number of hydrogen-bond donors (Lipinski definition) is 1. The topological polar surface area (TPSA) is 52.6 Å². The van der Waals surface area contributed by atoms with E-state index in [2.05, 4.69) is 10.3 Å². The minimum Gasteiger partial charge on any atom is -0.475 e. The highest BCUT2D eigenvalue weighted by Gasteiger charge is 2.20. The lowest BCUT2D eigenvalue weighted by Gasteiger charge is -2.25. The maximum absolute atomic E-state index is 13.1. The van der Waals surface area contributed by atoms with Crippen molar-refractivity contribution in [3.05, 3.63) is 47.3 Å². The van der Waals surface area contributed by atoms with Crippen molar-refractivity contribution >= 4 is 5.69 Å². The summed E-state index contributed by atoms with van der Waals surface area (Å²) in [5, 5.41) is 3.36. The molecule has 0 amide bonds. The molecule has 24 heavy (non-hydrogen) atoms. The first-order chi connectivity index (χ1) is 11.7. The third-order valence-corrected chi connectivity index (χ3v) is 3.73. The predicted octanol–water partition coefficient (Wildman–Crippen LogP) is 3.03. The van der Waals surface area contributed by atoms with Crippen molar-refractivity contribution in [2.75, 3.05) is 32.2 Å².